The first-order chi connectivity index (χ1) is 12.4. The molecule has 1 aliphatic heterocycles. The second kappa shape index (κ2) is 7.59. The lowest BCUT2D eigenvalue weighted by Crippen LogP contribution is -2.41. The molecule has 1 saturated heterocycles. The van der Waals surface area contributed by atoms with Crippen LogP contribution in [0.1, 0.15) is 26.5 Å². The number of H-pyrrole nitrogens is 1. The van der Waals surface area contributed by atoms with Crippen molar-refractivity contribution in [2.45, 2.75) is 39.8 Å². The summed E-state index contributed by atoms with van der Waals surface area (Å²) in [6, 6.07) is 3.70. The fourth-order valence-corrected chi connectivity index (χ4v) is 2.94. The molecule has 0 bridgehead atoms. The van der Waals surface area contributed by atoms with E-state index in [1.165, 1.54) is 0 Å². The Balaban J connectivity index is 1.69. The fourth-order valence-electron chi connectivity index (χ4n) is 2.94. The molecular formula is C17H25N7O2. The van der Waals surface area contributed by atoms with Gasteiger partial charge in [0.2, 0.25) is 5.95 Å². The van der Waals surface area contributed by atoms with Crippen molar-refractivity contribution < 1.29 is 9.53 Å². The lowest BCUT2D eigenvalue weighted by Gasteiger charge is -2.19. The minimum absolute atomic E-state index is 0.00521. The number of hydrogen-bond acceptors (Lipinski definition) is 7. The zero-order valence-corrected chi connectivity index (χ0v) is 15.5. The molecule has 1 amide bonds. The average Bonchev–Trinajstić information content (AvgIpc) is 3.16. The van der Waals surface area contributed by atoms with E-state index in [0.29, 0.717) is 18.3 Å². The highest BCUT2D eigenvalue weighted by Crippen LogP contribution is 2.23. The third kappa shape index (κ3) is 4.41. The lowest BCUT2D eigenvalue weighted by atomic mass is 10.1. The fraction of sp³-hybridized carbons (Fsp3) is 0.529. The van der Waals surface area contributed by atoms with Gasteiger partial charge in [-0.3, -0.25) is 5.10 Å². The quantitative estimate of drug-likeness (QED) is 0.751. The SMILES string of the molecule is Cc1cc(Nc2ccn[nH]2)nc(N2C[C@@H](C)[C@H](NC(=O)OC(C)C)C2)n1. The molecule has 3 N–H and O–H groups in total. The molecule has 1 fully saturated rings. The van der Waals surface area contributed by atoms with E-state index in [-0.39, 0.29) is 24.2 Å². The predicted octanol–water partition coefficient (Wildman–Crippen LogP) is 2.21. The monoisotopic (exact) mass is 359 g/mol. The van der Waals surface area contributed by atoms with Crippen molar-refractivity contribution >= 4 is 23.7 Å². The number of aryl methyl sites for hydroxylation is 1. The van der Waals surface area contributed by atoms with Gasteiger partial charge in [-0.25, -0.2) is 9.78 Å². The highest BCUT2D eigenvalue weighted by molar-refractivity contribution is 5.68. The summed E-state index contributed by atoms with van der Waals surface area (Å²) < 4.78 is 5.18. The number of nitrogens with one attached hydrogen (secondary N) is 3. The van der Waals surface area contributed by atoms with Gasteiger partial charge in [-0.1, -0.05) is 6.92 Å². The van der Waals surface area contributed by atoms with E-state index in [0.717, 1.165) is 18.1 Å². The number of carbonyl (C=O) groups is 1. The van der Waals surface area contributed by atoms with Crippen molar-refractivity contribution in [2.24, 2.45) is 5.92 Å². The van der Waals surface area contributed by atoms with Gasteiger partial charge in [0.25, 0.3) is 0 Å². The Hall–Kier alpha value is -2.84. The van der Waals surface area contributed by atoms with Crippen LogP contribution in [0, 0.1) is 12.8 Å². The van der Waals surface area contributed by atoms with Crippen molar-refractivity contribution in [3.8, 4) is 0 Å². The number of rotatable bonds is 5. The smallest absolute Gasteiger partial charge is 0.407 e. The van der Waals surface area contributed by atoms with Crippen molar-refractivity contribution in [1.82, 2.24) is 25.5 Å². The van der Waals surface area contributed by atoms with Gasteiger partial charge in [-0.2, -0.15) is 10.1 Å². The van der Waals surface area contributed by atoms with Crippen LogP contribution in [0.5, 0.6) is 0 Å². The van der Waals surface area contributed by atoms with Gasteiger partial charge in [0.15, 0.2) is 0 Å². The third-order valence-corrected chi connectivity index (χ3v) is 4.15. The number of amides is 1. The molecule has 0 radical (unpaired) electrons. The molecule has 26 heavy (non-hydrogen) atoms. The number of anilines is 3. The van der Waals surface area contributed by atoms with Crippen LogP contribution in [0.25, 0.3) is 0 Å². The number of alkyl carbamates (subject to hydrolysis) is 1. The molecule has 2 aromatic rings. The van der Waals surface area contributed by atoms with Crippen molar-refractivity contribution in [1.29, 1.82) is 0 Å². The maximum atomic E-state index is 11.9. The number of nitrogens with zero attached hydrogens (tertiary/aromatic N) is 4. The van der Waals surface area contributed by atoms with E-state index in [4.69, 9.17) is 4.74 Å². The Bertz CT molecular complexity index is 748. The van der Waals surface area contributed by atoms with Gasteiger partial charge < -0.3 is 20.3 Å². The first kappa shape index (κ1) is 18.0. The molecule has 2 aromatic heterocycles. The summed E-state index contributed by atoms with van der Waals surface area (Å²) in [5, 5.41) is 12.9. The zero-order chi connectivity index (χ0) is 18.7. The van der Waals surface area contributed by atoms with E-state index < -0.39 is 0 Å². The normalized spacial score (nSPS) is 19.7. The van der Waals surface area contributed by atoms with E-state index in [1.807, 2.05) is 32.9 Å². The van der Waals surface area contributed by atoms with E-state index in [1.54, 1.807) is 6.20 Å². The van der Waals surface area contributed by atoms with Gasteiger partial charge in [0.1, 0.15) is 11.6 Å². The molecular weight excluding hydrogens is 334 g/mol. The van der Waals surface area contributed by atoms with E-state index >= 15 is 0 Å². The van der Waals surface area contributed by atoms with E-state index in [9.17, 15) is 4.79 Å². The Kier molecular flexibility index (Phi) is 5.24. The van der Waals surface area contributed by atoms with Crippen LogP contribution in [0.3, 0.4) is 0 Å². The Labute approximate surface area is 152 Å². The summed E-state index contributed by atoms with van der Waals surface area (Å²) in [6.45, 7) is 9.09. The third-order valence-electron chi connectivity index (χ3n) is 4.15. The lowest BCUT2D eigenvalue weighted by molar-refractivity contribution is 0.111. The molecule has 2 atom stereocenters. The minimum Gasteiger partial charge on any atom is -0.447 e. The standard InChI is InChI=1S/C17H25N7O2/c1-10(2)26-17(25)20-13-9-24(8-11(13)3)16-19-12(4)7-15(22-16)21-14-5-6-18-23-14/h5-7,10-11,13H,8-9H2,1-4H3,(H,20,25)(H2,18,19,21,22,23)/t11-,13-/m1/s1. The van der Waals surface area contributed by atoms with Crippen molar-refractivity contribution in [2.75, 3.05) is 23.3 Å². The highest BCUT2D eigenvalue weighted by Gasteiger charge is 2.32. The molecule has 0 spiro atoms. The molecule has 3 heterocycles. The summed E-state index contributed by atoms with van der Waals surface area (Å²) in [5.41, 5.74) is 0.861. The molecule has 9 nitrogen and oxygen atoms in total. The number of aromatic amines is 1. The van der Waals surface area contributed by atoms with Crippen LogP contribution in [-0.4, -0.2) is 51.5 Å². The second-order valence-corrected chi connectivity index (χ2v) is 6.88. The largest absolute Gasteiger partial charge is 0.447 e. The first-order valence-electron chi connectivity index (χ1n) is 8.75. The van der Waals surface area contributed by atoms with Crippen LogP contribution in [-0.2, 0) is 4.74 Å². The van der Waals surface area contributed by atoms with Gasteiger partial charge in [0, 0.05) is 30.9 Å². The molecule has 140 valence electrons. The number of hydrogen-bond donors (Lipinski definition) is 3. The Morgan fingerprint density at radius 3 is 2.88 bits per heavy atom. The maximum Gasteiger partial charge on any atom is 0.407 e. The molecule has 0 aromatic carbocycles. The van der Waals surface area contributed by atoms with Crippen molar-refractivity contribution in [3.63, 3.8) is 0 Å². The van der Waals surface area contributed by atoms with Gasteiger partial charge >= 0.3 is 6.09 Å². The maximum absolute atomic E-state index is 11.9. The summed E-state index contributed by atoms with van der Waals surface area (Å²) in [7, 11) is 0. The second-order valence-electron chi connectivity index (χ2n) is 6.88. The van der Waals surface area contributed by atoms with Crippen LogP contribution in [0.2, 0.25) is 0 Å². The molecule has 1 aliphatic rings. The van der Waals surface area contributed by atoms with Gasteiger partial charge in [0.05, 0.1) is 18.3 Å². The topological polar surface area (TPSA) is 108 Å². The minimum atomic E-state index is -0.384. The predicted molar refractivity (Wildman–Crippen MR) is 98.6 cm³/mol. The van der Waals surface area contributed by atoms with Crippen LogP contribution in [0.15, 0.2) is 18.3 Å². The van der Waals surface area contributed by atoms with Crippen LogP contribution in [0.4, 0.5) is 22.4 Å². The van der Waals surface area contributed by atoms with Crippen LogP contribution < -0.4 is 15.5 Å². The average molecular weight is 359 g/mol. The Morgan fingerprint density at radius 2 is 2.19 bits per heavy atom. The van der Waals surface area contributed by atoms with Crippen molar-refractivity contribution in [3.05, 3.63) is 24.0 Å². The Morgan fingerprint density at radius 1 is 1.38 bits per heavy atom. The number of aromatic nitrogens is 4. The molecule has 9 heteroatoms. The molecule has 0 unspecified atom stereocenters. The number of ether oxygens (including phenoxy) is 1. The van der Waals surface area contributed by atoms with Gasteiger partial charge in [-0.05, 0) is 26.7 Å². The molecule has 0 aliphatic carbocycles. The summed E-state index contributed by atoms with van der Waals surface area (Å²) in [5.74, 6) is 2.36. The van der Waals surface area contributed by atoms with Crippen LogP contribution >= 0.6 is 0 Å². The molecule has 0 saturated carbocycles. The zero-order valence-electron chi connectivity index (χ0n) is 15.5. The van der Waals surface area contributed by atoms with E-state index in [2.05, 4.69) is 42.6 Å². The molecule has 3 rings (SSSR count). The van der Waals surface area contributed by atoms with Gasteiger partial charge in [-0.15, -0.1) is 0 Å². The summed E-state index contributed by atoms with van der Waals surface area (Å²) >= 11 is 0. The summed E-state index contributed by atoms with van der Waals surface area (Å²) in [4.78, 5) is 23.1. The number of carbonyl (C=O) groups excluding carboxylic acids is 1. The summed E-state index contributed by atoms with van der Waals surface area (Å²) in [6.07, 6.45) is 1.15. The highest BCUT2D eigenvalue weighted by atomic mass is 16.6. The first-order valence-corrected chi connectivity index (χ1v) is 8.75.